The molecule has 1 unspecified atom stereocenters. The fraction of sp³-hybridized carbons (Fsp3) is 0.571. The second-order valence-electron chi connectivity index (χ2n) is 8.17. The largest absolute Gasteiger partial charge is 0.490 e. The number of alkyl halides is 3. The normalized spacial score (nSPS) is 22.2. The van der Waals surface area contributed by atoms with Crippen molar-refractivity contribution in [1.82, 2.24) is 14.9 Å². The van der Waals surface area contributed by atoms with E-state index in [1.807, 2.05) is 19.2 Å². The number of aromatic nitrogens is 2. The van der Waals surface area contributed by atoms with Crippen molar-refractivity contribution >= 4 is 11.8 Å². The summed E-state index contributed by atoms with van der Waals surface area (Å²) in [5, 5.41) is 7.12. The van der Waals surface area contributed by atoms with E-state index in [9.17, 15) is 13.2 Å². The zero-order valence-corrected chi connectivity index (χ0v) is 17.8. The van der Waals surface area contributed by atoms with E-state index in [-0.39, 0.29) is 5.41 Å². The van der Waals surface area contributed by atoms with Gasteiger partial charge in [0.25, 0.3) is 0 Å². The van der Waals surface area contributed by atoms with E-state index in [2.05, 4.69) is 25.8 Å². The number of hydrogen-bond acceptors (Lipinski definition) is 7. The van der Waals surface area contributed by atoms with Crippen molar-refractivity contribution in [3.63, 3.8) is 0 Å². The van der Waals surface area contributed by atoms with Gasteiger partial charge in [-0.3, -0.25) is 9.88 Å². The summed E-state index contributed by atoms with van der Waals surface area (Å²) in [6.45, 7) is 8.43. The predicted molar refractivity (Wildman–Crippen MR) is 109 cm³/mol. The second kappa shape index (κ2) is 10.3. The average Bonchev–Trinajstić information content (AvgIpc) is 3.04. The minimum absolute atomic E-state index is 0.147. The maximum atomic E-state index is 10.6. The standard InChI is InChI=1S/C19H26N4O2.C2HF3O2/c1-16-3-4-17(25-16)12-22-8-2-5-19(13-22)14-23(9-10-24-15-19)18-11-20-6-7-21-18;3-2(4,5)1(6)7/h3-4,6-7,11H,2,5,8-10,12-15H2,1H3;(H,6,7). The Morgan fingerprint density at radius 3 is 2.66 bits per heavy atom. The monoisotopic (exact) mass is 456 g/mol. The minimum Gasteiger partial charge on any atom is -0.475 e. The Labute approximate surface area is 184 Å². The number of halogens is 3. The highest BCUT2D eigenvalue weighted by Crippen LogP contribution is 2.34. The first-order chi connectivity index (χ1) is 15.2. The number of anilines is 1. The molecule has 0 aliphatic carbocycles. The van der Waals surface area contributed by atoms with Crippen molar-refractivity contribution in [2.45, 2.75) is 32.5 Å². The molecule has 1 atom stereocenters. The molecule has 0 bridgehead atoms. The van der Waals surface area contributed by atoms with Gasteiger partial charge in [-0.1, -0.05) is 0 Å². The topological polar surface area (TPSA) is 91.9 Å². The van der Waals surface area contributed by atoms with Crippen LogP contribution in [0.25, 0.3) is 0 Å². The van der Waals surface area contributed by atoms with Crippen molar-refractivity contribution in [1.29, 1.82) is 0 Å². The number of hydrogen-bond donors (Lipinski definition) is 1. The highest BCUT2D eigenvalue weighted by atomic mass is 19.4. The van der Waals surface area contributed by atoms with Crippen LogP contribution in [0.5, 0.6) is 0 Å². The molecule has 176 valence electrons. The number of carbonyl (C=O) groups is 1. The van der Waals surface area contributed by atoms with Crippen LogP contribution in [0.2, 0.25) is 0 Å². The fourth-order valence-corrected chi connectivity index (χ4v) is 4.13. The molecule has 4 rings (SSSR count). The first-order valence-corrected chi connectivity index (χ1v) is 10.3. The molecule has 0 radical (unpaired) electrons. The molecule has 0 amide bonds. The maximum Gasteiger partial charge on any atom is 0.490 e. The number of carboxylic acids is 1. The van der Waals surface area contributed by atoms with Gasteiger partial charge in [0.05, 0.1) is 26.0 Å². The molecule has 32 heavy (non-hydrogen) atoms. The highest BCUT2D eigenvalue weighted by molar-refractivity contribution is 5.73. The van der Waals surface area contributed by atoms with Crippen LogP contribution < -0.4 is 4.90 Å². The molecular weight excluding hydrogens is 429 g/mol. The number of aryl methyl sites for hydroxylation is 1. The van der Waals surface area contributed by atoms with Gasteiger partial charge in [-0.2, -0.15) is 13.2 Å². The van der Waals surface area contributed by atoms with Crippen molar-refractivity contribution in [3.05, 3.63) is 42.2 Å². The van der Waals surface area contributed by atoms with Crippen LogP contribution >= 0.6 is 0 Å². The Balaban J connectivity index is 0.000000360. The number of likely N-dealkylation sites (tertiary alicyclic amines) is 1. The van der Waals surface area contributed by atoms with Gasteiger partial charge in [-0.15, -0.1) is 0 Å². The average molecular weight is 456 g/mol. The van der Waals surface area contributed by atoms with Crippen molar-refractivity contribution < 1.29 is 32.2 Å². The quantitative estimate of drug-likeness (QED) is 0.753. The van der Waals surface area contributed by atoms with Gasteiger partial charge in [0, 0.05) is 37.4 Å². The summed E-state index contributed by atoms with van der Waals surface area (Å²) in [5.41, 5.74) is 0.147. The highest BCUT2D eigenvalue weighted by Gasteiger charge is 2.39. The van der Waals surface area contributed by atoms with E-state index < -0.39 is 12.1 Å². The van der Waals surface area contributed by atoms with Gasteiger partial charge in [0.15, 0.2) is 0 Å². The summed E-state index contributed by atoms with van der Waals surface area (Å²) in [7, 11) is 0. The summed E-state index contributed by atoms with van der Waals surface area (Å²) in [5.74, 6) is 0.224. The third-order valence-corrected chi connectivity index (χ3v) is 5.47. The van der Waals surface area contributed by atoms with Gasteiger partial charge in [-0.05, 0) is 38.4 Å². The molecule has 0 aromatic carbocycles. The summed E-state index contributed by atoms with van der Waals surface area (Å²) in [4.78, 5) is 22.5. The summed E-state index contributed by atoms with van der Waals surface area (Å²) >= 11 is 0. The van der Waals surface area contributed by atoms with E-state index in [1.165, 1.54) is 12.8 Å². The second-order valence-corrected chi connectivity index (χ2v) is 8.17. The van der Waals surface area contributed by atoms with Crippen LogP contribution in [-0.2, 0) is 16.1 Å². The molecule has 2 aromatic heterocycles. The summed E-state index contributed by atoms with van der Waals surface area (Å²) < 4.78 is 43.5. The molecule has 2 aliphatic rings. The van der Waals surface area contributed by atoms with E-state index in [0.29, 0.717) is 0 Å². The van der Waals surface area contributed by atoms with Crippen LogP contribution in [0.4, 0.5) is 19.0 Å². The SMILES string of the molecule is Cc1ccc(CN2CCCC3(COCCN(c4cnccn4)C3)C2)o1.O=C(O)C(F)(F)F. The molecule has 1 N–H and O–H groups in total. The molecule has 2 saturated heterocycles. The molecule has 11 heteroatoms. The lowest BCUT2D eigenvalue weighted by atomic mass is 9.80. The number of carboxylic acid groups (broad SMARTS) is 1. The van der Waals surface area contributed by atoms with E-state index in [1.54, 1.807) is 12.4 Å². The van der Waals surface area contributed by atoms with Gasteiger partial charge in [-0.25, -0.2) is 9.78 Å². The Bertz CT molecular complexity index is 877. The maximum absolute atomic E-state index is 10.6. The lowest BCUT2D eigenvalue weighted by Gasteiger charge is -2.43. The van der Waals surface area contributed by atoms with Gasteiger partial charge < -0.3 is 19.2 Å². The van der Waals surface area contributed by atoms with Crippen LogP contribution in [0.15, 0.2) is 35.1 Å². The Morgan fingerprint density at radius 1 is 1.25 bits per heavy atom. The van der Waals surface area contributed by atoms with Gasteiger partial charge >= 0.3 is 12.1 Å². The molecule has 0 saturated carbocycles. The lowest BCUT2D eigenvalue weighted by molar-refractivity contribution is -0.192. The zero-order chi connectivity index (χ0) is 23.2. The van der Waals surface area contributed by atoms with E-state index in [0.717, 1.165) is 63.3 Å². The third-order valence-electron chi connectivity index (χ3n) is 5.47. The summed E-state index contributed by atoms with van der Waals surface area (Å²) in [6.07, 6.45) is 2.64. The first-order valence-electron chi connectivity index (χ1n) is 10.3. The number of aliphatic carboxylic acids is 1. The van der Waals surface area contributed by atoms with E-state index >= 15 is 0 Å². The smallest absolute Gasteiger partial charge is 0.475 e. The molecule has 1 spiro atoms. The molecule has 2 aromatic rings. The predicted octanol–water partition coefficient (Wildman–Crippen LogP) is 3.13. The van der Waals surface area contributed by atoms with Gasteiger partial charge in [0.2, 0.25) is 0 Å². The minimum atomic E-state index is -5.08. The van der Waals surface area contributed by atoms with Gasteiger partial charge in [0.1, 0.15) is 17.3 Å². The third kappa shape index (κ3) is 6.67. The fourth-order valence-electron chi connectivity index (χ4n) is 4.13. The van der Waals surface area contributed by atoms with Crippen molar-refractivity contribution in [2.24, 2.45) is 5.41 Å². The van der Waals surface area contributed by atoms with Crippen molar-refractivity contribution in [2.75, 3.05) is 44.3 Å². The Kier molecular flexibility index (Phi) is 7.73. The zero-order valence-electron chi connectivity index (χ0n) is 17.8. The Morgan fingerprint density at radius 2 is 2.03 bits per heavy atom. The number of piperidine rings is 1. The van der Waals surface area contributed by atoms with Crippen LogP contribution in [-0.4, -0.2) is 71.5 Å². The molecule has 2 aliphatic heterocycles. The molecule has 8 nitrogen and oxygen atoms in total. The number of nitrogens with zero attached hydrogens (tertiary/aromatic N) is 4. The van der Waals surface area contributed by atoms with Crippen LogP contribution in [0.1, 0.15) is 24.4 Å². The molecular formula is C21H27F3N4O4. The molecule has 4 heterocycles. The van der Waals surface area contributed by atoms with Crippen LogP contribution in [0.3, 0.4) is 0 Å². The number of furan rings is 1. The van der Waals surface area contributed by atoms with Crippen LogP contribution in [0, 0.1) is 12.3 Å². The lowest BCUT2D eigenvalue weighted by Crippen LogP contribution is -2.50. The molecule has 2 fully saturated rings. The first kappa shape index (κ1) is 24.0. The van der Waals surface area contributed by atoms with Crippen molar-refractivity contribution in [3.8, 4) is 0 Å². The summed E-state index contributed by atoms with van der Waals surface area (Å²) in [6, 6.07) is 4.13. The Hall–Kier alpha value is -2.66. The number of rotatable bonds is 3. The van der Waals surface area contributed by atoms with E-state index in [4.69, 9.17) is 19.1 Å². The number of ether oxygens (including phenoxy) is 1.